The lowest BCUT2D eigenvalue weighted by Crippen LogP contribution is -2.33. The van der Waals surface area contributed by atoms with Crippen LogP contribution in [0.1, 0.15) is 37.4 Å². The number of rotatable bonds is 7. The van der Waals surface area contributed by atoms with Crippen molar-refractivity contribution in [2.45, 2.75) is 31.6 Å². The van der Waals surface area contributed by atoms with Gasteiger partial charge in [-0.1, -0.05) is 30.3 Å². The number of aromatic nitrogens is 3. The van der Waals surface area contributed by atoms with Gasteiger partial charge in [-0.15, -0.1) is 17.4 Å². The van der Waals surface area contributed by atoms with Crippen molar-refractivity contribution in [3.63, 3.8) is 0 Å². The SMILES string of the molecule is C#CCCC(CS(=O)(=O)N1CCCC1)c1nncc(-c2ccccc2)n1. The summed E-state index contributed by atoms with van der Waals surface area (Å²) in [7, 11) is -3.36. The molecule has 7 heteroatoms. The Bertz CT molecular complexity index is 872. The van der Waals surface area contributed by atoms with Gasteiger partial charge in [0, 0.05) is 31.0 Å². The summed E-state index contributed by atoms with van der Waals surface area (Å²) in [6.07, 6.45) is 9.80. The molecular formula is C19H22N4O2S. The van der Waals surface area contributed by atoms with Gasteiger partial charge < -0.3 is 0 Å². The Morgan fingerprint density at radius 2 is 1.92 bits per heavy atom. The fourth-order valence-electron chi connectivity index (χ4n) is 3.11. The van der Waals surface area contributed by atoms with Gasteiger partial charge in [0.05, 0.1) is 17.6 Å². The maximum Gasteiger partial charge on any atom is 0.214 e. The summed E-state index contributed by atoms with van der Waals surface area (Å²) < 4.78 is 27.0. The first-order valence-corrected chi connectivity index (χ1v) is 10.4. The minimum Gasteiger partial charge on any atom is -0.229 e. The number of nitrogens with zero attached hydrogens (tertiary/aromatic N) is 4. The van der Waals surface area contributed by atoms with E-state index in [0.29, 0.717) is 37.4 Å². The van der Waals surface area contributed by atoms with E-state index in [2.05, 4.69) is 21.1 Å². The van der Waals surface area contributed by atoms with Gasteiger partial charge in [-0.2, -0.15) is 5.10 Å². The molecular weight excluding hydrogens is 348 g/mol. The first-order valence-electron chi connectivity index (χ1n) is 8.76. The zero-order chi connectivity index (χ0) is 18.4. The van der Waals surface area contributed by atoms with Gasteiger partial charge in [-0.25, -0.2) is 17.7 Å². The van der Waals surface area contributed by atoms with Crippen molar-refractivity contribution in [2.75, 3.05) is 18.8 Å². The van der Waals surface area contributed by atoms with E-state index in [9.17, 15) is 8.42 Å². The molecule has 0 amide bonds. The molecule has 26 heavy (non-hydrogen) atoms. The first-order chi connectivity index (χ1) is 12.6. The molecule has 136 valence electrons. The molecule has 1 aliphatic rings. The zero-order valence-electron chi connectivity index (χ0n) is 14.6. The highest BCUT2D eigenvalue weighted by Crippen LogP contribution is 2.25. The van der Waals surface area contributed by atoms with Crippen molar-refractivity contribution < 1.29 is 8.42 Å². The molecule has 0 bridgehead atoms. The third-order valence-electron chi connectivity index (χ3n) is 4.52. The third-order valence-corrected chi connectivity index (χ3v) is 6.49. The highest BCUT2D eigenvalue weighted by atomic mass is 32.2. The van der Waals surface area contributed by atoms with Gasteiger partial charge in [0.2, 0.25) is 10.0 Å². The molecule has 0 radical (unpaired) electrons. The predicted molar refractivity (Wildman–Crippen MR) is 101 cm³/mol. The quantitative estimate of drug-likeness (QED) is 0.700. The van der Waals surface area contributed by atoms with Gasteiger partial charge in [0.1, 0.15) is 0 Å². The highest BCUT2D eigenvalue weighted by molar-refractivity contribution is 7.89. The van der Waals surface area contributed by atoms with E-state index in [1.807, 2.05) is 30.3 Å². The average molecular weight is 370 g/mol. The molecule has 0 saturated carbocycles. The molecule has 1 aliphatic heterocycles. The van der Waals surface area contributed by atoms with Crippen molar-refractivity contribution in [1.82, 2.24) is 19.5 Å². The topological polar surface area (TPSA) is 76.1 Å². The lowest BCUT2D eigenvalue weighted by Gasteiger charge is -2.20. The Labute approximate surface area is 154 Å². The summed E-state index contributed by atoms with van der Waals surface area (Å²) in [5.41, 5.74) is 1.60. The van der Waals surface area contributed by atoms with Crippen LogP contribution in [0.15, 0.2) is 36.5 Å². The van der Waals surface area contributed by atoms with Crippen molar-refractivity contribution in [3.8, 4) is 23.6 Å². The fourth-order valence-corrected chi connectivity index (χ4v) is 4.96. The Kier molecular flexibility index (Phi) is 5.96. The van der Waals surface area contributed by atoms with Crippen LogP contribution in [0.25, 0.3) is 11.3 Å². The molecule has 1 fully saturated rings. The highest BCUT2D eigenvalue weighted by Gasteiger charge is 2.30. The van der Waals surface area contributed by atoms with Gasteiger partial charge in [-0.05, 0) is 19.3 Å². The van der Waals surface area contributed by atoms with Crippen LogP contribution in [0.2, 0.25) is 0 Å². The predicted octanol–water partition coefficient (Wildman–Crippen LogP) is 2.46. The van der Waals surface area contributed by atoms with E-state index in [-0.39, 0.29) is 11.7 Å². The van der Waals surface area contributed by atoms with Crippen LogP contribution >= 0.6 is 0 Å². The smallest absolute Gasteiger partial charge is 0.214 e. The minimum atomic E-state index is -3.36. The van der Waals surface area contributed by atoms with Crippen LogP contribution in [0.5, 0.6) is 0 Å². The fraction of sp³-hybridized carbons (Fsp3) is 0.421. The standard InChI is InChI=1S/C19H22N4O2S/c1-2-3-9-17(15-26(24,25)23-12-7-8-13-23)19-21-18(14-20-22-19)16-10-5-4-6-11-16/h1,4-6,10-11,14,17H,3,7-9,12-13,15H2. The van der Waals surface area contributed by atoms with Crippen molar-refractivity contribution in [3.05, 3.63) is 42.4 Å². The van der Waals surface area contributed by atoms with Crippen LogP contribution in [-0.2, 0) is 10.0 Å². The lowest BCUT2D eigenvalue weighted by atomic mass is 10.0. The van der Waals surface area contributed by atoms with E-state index in [1.54, 1.807) is 10.5 Å². The van der Waals surface area contributed by atoms with Gasteiger partial charge >= 0.3 is 0 Å². The number of hydrogen-bond donors (Lipinski definition) is 0. The molecule has 6 nitrogen and oxygen atoms in total. The molecule has 1 aromatic carbocycles. The second-order valence-corrected chi connectivity index (χ2v) is 8.40. The summed E-state index contributed by atoms with van der Waals surface area (Å²) in [5, 5.41) is 8.16. The number of benzene rings is 1. The van der Waals surface area contributed by atoms with E-state index in [4.69, 9.17) is 6.42 Å². The second kappa shape index (κ2) is 8.39. The maximum atomic E-state index is 12.7. The molecule has 1 saturated heterocycles. The number of terminal acetylenes is 1. The molecule has 1 aromatic heterocycles. The van der Waals surface area contributed by atoms with Crippen LogP contribution in [-0.4, -0.2) is 46.7 Å². The van der Waals surface area contributed by atoms with Crippen LogP contribution in [0, 0.1) is 12.3 Å². The molecule has 0 aliphatic carbocycles. The monoisotopic (exact) mass is 370 g/mol. The Morgan fingerprint density at radius 1 is 1.19 bits per heavy atom. The number of hydrogen-bond acceptors (Lipinski definition) is 5. The zero-order valence-corrected chi connectivity index (χ0v) is 15.4. The normalized spacial score (nSPS) is 16.3. The van der Waals surface area contributed by atoms with Crippen LogP contribution in [0.4, 0.5) is 0 Å². The minimum absolute atomic E-state index is 0.0331. The largest absolute Gasteiger partial charge is 0.229 e. The first kappa shape index (κ1) is 18.5. The van der Waals surface area contributed by atoms with Crippen LogP contribution in [0.3, 0.4) is 0 Å². The summed E-state index contributed by atoms with van der Waals surface area (Å²) in [4.78, 5) is 4.58. The summed E-state index contributed by atoms with van der Waals surface area (Å²) in [6, 6.07) is 9.64. The second-order valence-electron chi connectivity index (χ2n) is 6.39. The average Bonchev–Trinajstić information content (AvgIpc) is 3.22. The van der Waals surface area contributed by atoms with E-state index in [0.717, 1.165) is 18.4 Å². The van der Waals surface area contributed by atoms with Gasteiger partial charge in [-0.3, -0.25) is 0 Å². The number of sulfonamides is 1. The molecule has 1 unspecified atom stereocenters. The molecule has 0 spiro atoms. The van der Waals surface area contributed by atoms with Crippen molar-refractivity contribution in [2.24, 2.45) is 0 Å². The Hall–Kier alpha value is -2.30. The maximum absolute atomic E-state index is 12.7. The van der Waals surface area contributed by atoms with Gasteiger partial charge in [0.15, 0.2) is 5.82 Å². The molecule has 3 rings (SSSR count). The molecule has 0 N–H and O–H groups in total. The van der Waals surface area contributed by atoms with Crippen molar-refractivity contribution >= 4 is 10.0 Å². The van der Waals surface area contributed by atoms with Gasteiger partial charge in [0.25, 0.3) is 0 Å². The van der Waals surface area contributed by atoms with E-state index < -0.39 is 10.0 Å². The summed E-state index contributed by atoms with van der Waals surface area (Å²) >= 11 is 0. The lowest BCUT2D eigenvalue weighted by molar-refractivity contribution is 0.468. The van der Waals surface area contributed by atoms with E-state index in [1.165, 1.54) is 0 Å². The molecule has 2 heterocycles. The van der Waals surface area contributed by atoms with E-state index >= 15 is 0 Å². The summed E-state index contributed by atoms with van der Waals surface area (Å²) in [5.74, 6) is 2.62. The van der Waals surface area contributed by atoms with Crippen LogP contribution < -0.4 is 0 Å². The van der Waals surface area contributed by atoms with Crippen molar-refractivity contribution in [1.29, 1.82) is 0 Å². The Balaban J connectivity index is 1.87. The molecule has 1 atom stereocenters. The summed E-state index contributed by atoms with van der Waals surface area (Å²) in [6.45, 7) is 1.18. The molecule has 2 aromatic rings. The third kappa shape index (κ3) is 4.45. The Morgan fingerprint density at radius 3 is 2.62 bits per heavy atom.